The number of aldehydes is 1. The Balaban J connectivity index is 5.48. The molecule has 5 heteroatoms. The minimum absolute atomic E-state index is 0.0483. The number of allylic oxidation sites excluding steroid dienone is 5. The summed E-state index contributed by atoms with van der Waals surface area (Å²) >= 11 is 3.10. The van der Waals surface area contributed by atoms with Gasteiger partial charge in [0.25, 0.3) is 5.70 Å². The molecule has 0 bridgehead atoms. The smallest absolute Gasteiger partial charge is 0.280 e. The third kappa shape index (κ3) is 4.20. The molecule has 0 rings (SSSR count). The lowest BCUT2D eigenvalue weighted by Gasteiger charge is -1.98. The van der Waals surface area contributed by atoms with Crippen LogP contribution in [-0.2, 0) is 4.79 Å². The van der Waals surface area contributed by atoms with E-state index in [9.17, 15) is 14.9 Å². The average Bonchev–Trinajstić information content (AvgIpc) is 2.22. The van der Waals surface area contributed by atoms with Crippen LogP contribution in [0.1, 0.15) is 20.3 Å². The highest BCUT2D eigenvalue weighted by atomic mass is 79.9. The standard InChI is InChI=1S/C10H12BrNO3/c1-3-5-6-10(12(14)15)8(7-13)9(11)4-2/h4-7H,3H2,1-2H3/b6-5+,9-4+,10-8+. The maximum atomic E-state index is 10.7. The van der Waals surface area contributed by atoms with Gasteiger partial charge in [-0.25, -0.2) is 0 Å². The van der Waals surface area contributed by atoms with Gasteiger partial charge in [0.1, 0.15) is 5.57 Å². The molecule has 0 saturated heterocycles. The summed E-state index contributed by atoms with van der Waals surface area (Å²) in [6.45, 7) is 3.55. The molecule has 0 saturated carbocycles. The molecule has 15 heavy (non-hydrogen) atoms. The predicted octanol–water partition coefficient (Wildman–Crippen LogP) is 2.98. The van der Waals surface area contributed by atoms with Crippen molar-refractivity contribution in [3.05, 3.63) is 44.1 Å². The maximum absolute atomic E-state index is 10.7. The topological polar surface area (TPSA) is 60.2 Å². The first kappa shape index (κ1) is 13.8. The van der Waals surface area contributed by atoms with Crippen molar-refractivity contribution >= 4 is 22.2 Å². The molecule has 0 N–H and O–H groups in total. The summed E-state index contributed by atoms with van der Waals surface area (Å²) in [5, 5.41) is 10.7. The monoisotopic (exact) mass is 273 g/mol. The lowest BCUT2D eigenvalue weighted by atomic mass is 10.2. The minimum atomic E-state index is -0.569. The van der Waals surface area contributed by atoms with Crippen molar-refractivity contribution in [2.45, 2.75) is 20.3 Å². The normalized spacial score (nSPS) is 13.9. The highest BCUT2D eigenvalue weighted by Gasteiger charge is 2.16. The number of carbonyl (C=O) groups is 1. The first-order chi connectivity index (χ1) is 7.08. The zero-order valence-electron chi connectivity index (χ0n) is 8.57. The molecule has 0 aromatic carbocycles. The van der Waals surface area contributed by atoms with Crippen LogP contribution in [0.25, 0.3) is 0 Å². The van der Waals surface area contributed by atoms with Crippen molar-refractivity contribution in [3.8, 4) is 0 Å². The summed E-state index contributed by atoms with van der Waals surface area (Å²) in [5.41, 5.74) is -0.149. The molecule has 0 spiro atoms. The second-order valence-corrected chi connectivity index (χ2v) is 3.48. The fraction of sp³-hybridized carbons (Fsp3) is 0.300. The van der Waals surface area contributed by atoms with Gasteiger partial charge in [0.05, 0.1) is 4.92 Å². The maximum Gasteiger partial charge on any atom is 0.280 e. The fourth-order valence-corrected chi connectivity index (χ4v) is 1.17. The van der Waals surface area contributed by atoms with E-state index in [-0.39, 0.29) is 11.3 Å². The van der Waals surface area contributed by atoms with E-state index in [1.165, 1.54) is 6.08 Å². The van der Waals surface area contributed by atoms with Crippen LogP contribution in [0.15, 0.2) is 34.0 Å². The number of hydrogen-bond donors (Lipinski definition) is 0. The van der Waals surface area contributed by atoms with E-state index in [2.05, 4.69) is 15.9 Å². The highest BCUT2D eigenvalue weighted by molar-refractivity contribution is 9.12. The van der Waals surface area contributed by atoms with Crippen LogP contribution >= 0.6 is 15.9 Å². The van der Waals surface area contributed by atoms with E-state index in [0.717, 1.165) is 0 Å². The molecular formula is C10H12BrNO3. The van der Waals surface area contributed by atoms with Gasteiger partial charge in [-0.15, -0.1) is 0 Å². The van der Waals surface area contributed by atoms with Gasteiger partial charge < -0.3 is 0 Å². The molecule has 0 aliphatic carbocycles. The van der Waals surface area contributed by atoms with E-state index in [1.54, 1.807) is 19.1 Å². The van der Waals surface area contributed by atoms with Crippen LogP contribution in [0, 0.1) is 10.1 Å². The molecule has 0 atom stereocenters. The number of halogens is 1. The first-order valence-corrected chi connectivity index (χ1v) is 5.20. The molecule has 0 aliphatic rings. The van der Waals surface area contributed by atoms with Crippen LogP contribution in [-0.4, -0.2) is 11.2 Å². The average molecular weight is 274 g/mol. The zero-order chi connectivity index (χ0) is 11.8. The Morgan fingerprint density at radius 3 is 2.47 bits per heavy atom. The molecule has 0 fully saturated rings. The Morgan fingerprint density at radius 1 is 1.53 bits per heavy atom. The second kappa shape index (κ2) is 7.11. The second-order valence-electron chi connectivity index (χ2n) is 2.62. The van der Waals surface area contributed by atoms with E-state index >= 15 is 0 Å². The summed E-state index contributed by atoms with van der Waals surface area (Å²) in [6.07, 6.45) is 5.72. The van der Waals surface area contributed by atoms with Gasteiger partial charge in [-0.1, -0.05) is 35.0 Å². The zero-order valence-corrected chi connectivity index (χ0v) is 10.2. The number of nitrogens with zero attached hydrogens (tertiary/aromatic N) is 1. The van der Waals surface area contributed by atoms with Crippen molar-refractivity contribution < 1.29 is 9.72 Å². The van der Waals surface area contributed by atoms with E-state index < -0.39 is 4.92 Å². The largest absolute Gasteiger partial charge is 0.298 e. The molecule has 0 amide bonds. The van der Waals surface area contributed by atoms with Crippen LogP contribution in [0.2, 0.25) is 0 Å². The van der Waals surface area contributed by atoms with E-state index in [0.29, 0.717) is 17.2 Å². The first-order valence-electron chi connectivity index (χ1n) is 4.41. The molecule has 0 unspecified atom stereocenters. The van der Waals surface area contributed by atoms with Crippen LogP contribution < -0.4 is 0 Å². The van der Waals surface area contributed by atoms with Gasteiger partial charge in [0.2, 0.25) is 0 Å². The van der Waals surface area contributed by atoms with Gasteiger partial charge in [-0.3, -0.25) is 14.9 Å². The summed E-state index contributed by atoms with van der Waals surface area (Å²) < 4.78 is 0.421. The van der Waals surface area contributed by atoms with Crippen LogP contribution in [0.3, 0.4) is 0 Å². The molecule has 0 aromatic rings. The van der Waals surface area contributed by atoms with Gasteiger partial charge in [-0.2, -0.15) is 0 Å². The third-order valence-corrected chi connectivity index (χ3v) is 2.50. The lowest BCUT2D eigenvalue weighted by Crippen LogP contribution is -2.02. The molecule has 0 radical (unpaired) electrons. The van der Waals surface area contributed by atoms with Crippen LogP contribution in [0.4, 0.5) is 0 Å². The quantitative estimate of drug-likeness (QED) is 0.254. The predicted molar refractivity (Wildman–Crippen MR) is 62.2 cm³/mol. The summed E-state index contributed by atoms with van der Waals surface area (Å²) in [6, 6.07) is 0. The van der Waals surface area contributed by atoms with Gasteiger partial charge in [-0.05, 0) is 13.3 Å². The fourth-order valence-electron chi connectivity index (χ4n) is 0.873. The molecule has 0 heterocycles. The number of hydrogen-bond acceptors (Lipinski definition) is 3. The summed E-state index contributed by atoms with van der Waals surface area (Å²) in [5.74, 6) is 0. The number of nitro groups is 1. The van der Waals surface area contributed by atoms with Crippen molar-refractivity contribution in [1.29, 1.82) is 0 Å². The van der Waals surface area contributed by atoms with E-state index in [4.69, 9.17) is 0 Å². The molecule has 4 nitrogen and oxygen atoms in total. The third-order valence-electron chi connectivity index (χ3n) is 1.61. The molecule has 0 aromatic heterocycles. The Kier molecular flexibility index (Phi) is 6.53. The minimum Gasteiger partial charge on any atom is -0.298 e. The number of carbonyl (C=O) groups excluding carboxylic acids is 1. The van der Waals surface area contributed by atoms with Gasteiger partial charge >= 0.3 is 0 Å². The molecule has 0 aliphatic heterocycles. The number of rotatable bonds is 5. The van der Waals surface area contributed by atoms with Crippen molar-refractivity contribution in [3.63, 3.8) is 0 Å². The molecule has 82 valence electrons. The summed E-state index contributed by atoms with van der Waals surface area (Å²) in [4.78, 5) is 20.9. The van der Waals surface area contributed by atoms with Crippen molar-refractivity contribution in [1.82, 2.24) is 0 Å². The molecular weight excluding hydrogens is 262 g/mol. The highest BCUT2D eigenvalue weighted by Crippen LogP contribution is 2.20. The van der Waals surface area contributed by atoms with Crippen LogP contribution in [0.5, 0.6) is 0 Å². The Bertz CT molecular complexity index is 343. The van der Waals surface area contributed by atoms with Gasteiger partial charge in [0.15, 0.2) is 6.29 Å². The van der Waals surface area contributed by atoms with Crippen molar-refractivity contribution in [2.75, 3.05) is 0 Å². The van der Waals surface area contributed by atoms with Crippen molar-refractivity contribution in [2.24, 2.45) is 0 Å². The Labute approximate surface area is 96.6 Å². The summed E-state index contributed by atoms with van der Waals surface area (Å²) in [7, 11) is 0. The lowest BCUT2D eigenvalue weighted by molar-refractivity contribution is -0.419. The Hall–Kier alpha value is -1.23. The van der Waals surface area contributed by atoms with E-state index in [1.807, 2.05) is 6.92 Å². The SMILES string of the molecule is C\C=C(Br)/C(C=O)=C(\C=C\CC)[N+](=O)[O-]. The Morgan fingerprint density at radius 2 is 2.13 bits per heavy atom. The van der Waals surface area contributed by atoms with Gasteiger partial charge in [0, 0.05) is 10.6 Å².